The molecule has 1 heterocycles. The Morgan fingerprint density at radius 1 is 1.09 bits per heavy atom. The summed E-state index contributed by atoms with van der Waals surface area (Å²) in [5, 5.41) is 14.2. The van der Waals surface area contributed by atoms with Crippen LogP contribution in [0.5, 0.6) is 0 Å². The molecule has 6 nitrogen and oxygen atoms in total. The molecule has 0 unspecified atom stereocenters. The molecule has 0 radical (unpaired) electrons. The first-order valence-electron chi connectivity index (χ1n) is 7.51. The van der Waals surface area contributed by atoms with Crippen molar-refractivity contribution in [3.63, 3.8) is 0 Å². The summed E-state index contributed by atoms with van der Waals surface area (Å²) in [7, 11) is 0. The summed E-state index contributed by atoms with van der Waals surface area (Å²) in [6, 6.07) is 17.8. The Morgan fingerprint density at radius 3 is 2.65 bits per heavy atom. The molecule has 1 saturated carbocycles. The summed E-state index contributed by atoms with van der Waals surface area (Å²) in [4.78, 5) is 12.6. The van der Waals surface area contributed by atoms with Gasteiger partial charge in [0.15, 0.2) is 0 Å². The molecule has 23 heavy (non-hydrogen) atoms. The van der Waals surface area contributed by atoms with Crippen LogP contribution < -0.4 is 5.32 Å². The lowest BCUT2D eigenvalue weighted by molar-refractivity contribution is 0.0950. The molecule has 6 heteroatoms. The fourth-order valence-electron chi connectivity index (χ4n) is 2.81. The molecule has 1 N–H and O–H groups in total. The second-order valence-electron chi connectivity index (χ2n) is 5.60. The number of carbonyl (C=O) groups is 1. The monoisotopic (exact) mass is 305 g/mol. The number of para-hydroxylation sites is 1. The minimum Gasteiger partial charge on any atom is -0.349 e. The molecule has 0 aliphatic heterocycles. The zero-order chi connectivity index (χ0) is 15.6. The first-order chi connectivity index (χ1) is 11.3. The van der Waals surface area contributed by atoms with E-state index in [-0.39, 0.29) is 11.9 Å². The summed E-state index contributed by atoms with van der Waals surface area (Å²) < 4.78 is 1.50. The molecule has 1 aromatic heterocycles. The first-order valence-corrected chi connectivity index (χ1v) is 7.51. The van der Waals surface area contributed by atoms with E-state index in [9.17, 15) is 4.79 Å². The van der Waals surface area contributed by atoms with Gasteiger partial charge in [0, 0.05) is 12.0 Å². The molecule has 0 spiro atoms. The van der Waals surface area contributed by atoms with Gasteiger partial charge in [-0.2, -0.15) is 4.68 Å². The summed E-state index contributed by atoms with van der Waals surface area (Å²) in [5.41, 5.74) is 2.51. The number of hydrogen-bond acceptors (Lipinski definition) is 4. The Labute approximate surface area is 133 Å². The Kier molecular flexibility index (Phi) is 3.34. The van der Waals surface area contributed by atoms with Crippen molar-refractivity contribution in [2.75, 3.05) is 0 Å². The Bertz CT molecular complexity index is 816. The van der Waals surface area contributed by atoms with Crippen LogP contribution in [0.1, 0.15) is 28.3 Å². The Hall–Kier alpha value is -3.02. The number of aromatic nitrogens is 4. The second-order valence-corrected chi connectivity index (χ2v) is 5.60. The van der Waals surface area contributed by atoms with Gasteiger partial charge in [0.05, 0.1) is 11.3 Å². The van der Waals surface area contributed by atoms with Crippen molar-refractivity contribution in [3.8, 4) is 5.69 Å². The van der Waals surface area contributed by atoms with Gasteiger partial charge in [0.1, 0.15) is 6.33 Å². The highest BCUT2D eigenvalue weighted by Crippen LogP contribution is 2.40. The lowest BCUT2D eigenvalue weighted by Crippen LogP contribution is -2.27. The van der Waals surface area contributed by atoms with Crippen LogP contribution in [0.15, 0.2) is 60.9 Å². The largest absolute Gasteiger partial charge is 0.349 e. The fourth-order valence-corrected chi connectivity index (χ4v) is 2.81. The second kappa shape index (κ2) is 5.64. The van der Waals surface area contributed by atoms with Crippen LogP contribution in [-0.4, -0.2) is 32.2 Å². The predicted octanol–water partition coefficient (Wildman–Crippen LogP) is 1.95. The summed E-state index contributed by atoms with van der Waals surface area (Å²) in [5.74, 6) is 0.305. The van der Waals surface area contributed by atoms with Gasteiger partial charge >= 0.3 is 0 Å². The molecule has 0 saturated heterocycles. The van der Waals surface area contributed by atoms with Gasteiger partial charge in [-0.05, 0) is 34.5 Å². The quantitative estimate of drug-likeness (QED) is 0.799. The molecular weight excluding hydrogens is 290 g/mol. The zero-order valence-electron chi connectivity index (χ0n) is 12.3. The standard InChI is InChI=1S/C17H15N5O/c23-17(19-15-10-14(15)12-6-2-1-3-7-12)13-8-4-5-9-16(13)22-11-18-20-21-22/h1-9,11,14-15H,10H2,(H,19,23)/t14-,15+/m0/s1. The topological polar surface area (TPSA) is 72.7 Å². The fraction of sp³-hybridized carbons (Fsp3) is 0.176. The maximum atomic E-state index is 12.6. The predicted molar refractivity (Wildman–Crippen MR) is 84.2 cm³/mol. The van der Waals surface area contributed by atoms with Gasteiger partial charge in [-0.15, -0.1) is 5.10 Å². The average molecular weight is 305 g/mol. The molecule has 1 aliphatic carbocycles. The van der Waals surface area contributed by atoms with E-state index in [2.05, 4.69) is 33.0 Å². The molecule has 1 aliphatic rings. The van der Waals surface area contributed by atoms with Crippen molar-refractivity contribution in [2.45, 2.75) is 18.4 Å². The zero-order valence-corrected chi connectivity index (χ0v) is 12.3. The summed E-state index contributed by atoms with van der Waals surface area (Å²) in [6.07, 6.45) is 2.46. The third-order valence-electron chi connectivity index (χ3n) is 4.08. The molecule has 2 aromatic carbocycles. The lowest BCUT2D eigenvalue weighted by atomic mass is 10.1. The number of hydrogen-bond donors (Lipinski definition) is 1. The van der Waals surface area contributed by atoms with Crippen molar-refractivity contribution in [1.29, 1.82) is 0 Å². The van der Waals surface area contributed by atoms with Crippen molar-refractivity contribution in [2.24, 2.45) is 0 Å². The van der Waals surface area contributed by atoms with Crippen LogP contribution in [0.4, 0.5) is 0 Å². The number of carbonyl (C=O) groups excluding carboxylic acids is 1. The summed E-state index contributed by atoms with van der Waals surface area (Å²) in [6.45, 7) is 0. The minimum atomic E-state index is -0.0977. The van der Waals surface area contributed by atoms with Gasteiger partial charge in [-0.1, -0.05) is 42.5 Å². The van der Waals surface area contributed by atoms with Crippen molar-refractivity contribution < 1.29 is 4.79 Å². The van der Waals surface area contributed by atoms with Crippen LogP contribution >= 0.6 is 0 Å². The first kappa shape index (κ1) is 13.6. The van der Waals surface area contributed by atoms with Crippen molar-refractivity contribution in [1.82, 2.24) is 25.5 Å². The van der Waals surface area contributed by atoms with Crippen LogP contribution in [0.2, 0.25) is 0 Å². The van der Waals surface area contributed by atoms with Crippen molar-refractivity contribution >= 4 is 5.91 Å². The third kappa shape index (κ3) is 2.70. The highest BCUT2D eigenvalue weighted by atomic mass is 16.1. The number of amides is 1. The molecular formula is C17H15N5O. The van der Waals surface area contributed by atoms with Gasteiger partial charge < -0.3 is 5.32 Å². The van der Waals surface area contributed by atoms with Crippen LogP contribution in [0, 0.1) is 0 Å². The number of tetrazole rings is 1. The SMILES string of the molecule is O=C(N[C@@H]1C[C@H]1c1ccccc1)c1ccccc1-n1cnnn1. The normalized spacial score (nSPS) is 19.3. The van der Waals surface area contributed by atoms with E-state index in [1.54, 1.807) is 6.07 Å². The number of benzene rings is 2. The van der Waals surface area contributed by atoms with E-state index < -0.39 is 0 Å². The number of rotatable bonds is 4. The molecule has 3 aromatic rings. The highest BCUT2D eigenvalue weighted by molar-refractivity contribution is 5.98. The van der Waals surface area contributed by atoms with Gasteiger partial charge in [-0.25, -0.2) is 0 Å². The van der Waals surface area contributed by atoms with Gasteiger partial charge in [0.2, 0.25) is 0 Å². The Morgan fingerprint density at radius 2 is 1.87 bits per heavy atom. The lowest BCUT2D eigenvalue weighted by Gasteiger charge is -2.09. The van der Waals surface area contributed by atoms with Crippen LogP contribution in [-0.2, 0) is 0 Å². The van der Waals surface area contributed by atoms with Crippen LogP contribution in [0.25, 0.3) is 5.69 Å². The molecule has 2 atom stereocenters. The molecule has 4 rings (SSSR count). The minimum absolute atomic E-state index is 0.0977. The maximum Gasteiger partial charge on any atom is 0.253 e. The molecule has 1 fully saturated rings. The van der Waals surface area contributed by atoms with E-state index in [0.717, 1.165) is 6.42 Å². The van der Waals surface area contributed by atoms with Gasteiger partial charge in [0.25, 0.3) is 5.91 Å². The molecule has 0 bridgehead atoms. The van der Waals surface area contributed by atoms with E-state index >= 15 is 0 Å². The van der Waals surface area contributed by atoms with E-state index in [0.29, 0.717) is 17.2 Å². The maximum absolute atomic E-state index is 12.6. The van der Waals surface area contributed by atoms with Crippen LogP contribution in [0.3, 0.4) is 0 Å². The third-order valence-corrected chi connectivity index (χ3v) is 4.08. The van der Waals surface area contributed by atoms with E-state index in [4.69, 9.17) is 0 Å². The van der Waals surface area contributed by atoms with E-state index in [1.165, 1.54) is 16.6 Å². The molecule has 114 valence electrons. The summed E-state index contributed by atoms with van der Waals surface area (Å²) >= 11 is 0. The van der Waals surface area contributed by atoms with E-state index in [1.807, 2.05) is 36.4 Å². The highest BCUT2D eigenvalue weighted by Gasteiger charge is 2.39. The number of nitrogens with zero attached hydrogens (tertiary/aromatic N) is 4. The smallest absolute Gasteiger partial charge is 0.253 e. The van der Waals surface area contributed by atoms with Crippen molar-refractivity contribution in [3.05, 3.63) is 72.1 Å². The average Bonchev–Trinajstić information content (AvgIpc) is 3.15. The van der Waals surface area contributed by atoms with Gasteiger partial charge in [-0.3, -0.25) is 4.79 Å². The number of nitrogens with one attached hydrogen (secondary N) is 1. The molecule has 1 amide bonds. The Balaban J connectivity index is 1.51.